The van der Waals surface area contributed by atoms with Crippen molar-refractivity contribution in [3.63, 3.8) is 0 Å². The summed E-state index contributed by atoms with van der Waals surface area (Å²) in [6.07, 6.45) is 3.63. The lowest BCUT2D eigenvalue weighted by atomic mass is 10.1. The molecule has 2 N–H and O–H groups in total. The first-order valence-corrected chi connectivity index (χ1v) is 5.67. The zero-order chi connectivity index (χ0) is 12.4. The third-order valence-corrected chi connectivity index (χ3v) is 2.78. The Balaban J connectivity index is 2.33. The number of nitrogen functional groups attached to an aromatic ring is 1. The van der Waals surface area contributed by atoms with Crippen LogP contribution >= 0.6 is 0 Å². The molecule has 0 fully saturated rings. The molecule has 4 nitrogen and oxygen atoms in total. The molecular formula is C13H17N3O. The van der Waals surface area contributed by atoms with Crippen LogP contribution in [0.15, 0.2) is 24.5 Å². The molecule has 2 rings (SSSR count). The topological polar surface area (TPSA) is 53.1 Å². The first kappa shape index (κ1) is 11.5. The molecule has 0 bridgehead atoms. The van der Waals surface area contributed by atoms with E-state index in [0.717, 1.165) is 29.1 Å². The Bertz CT molecular complexity index is 531. The predicted molar refractivity (Wildman–Crippen MR) is 68.3 cm³/mol. The van der Waals surface area contributed by atoms with E-state index in [9.17, 15) is 0 Å². The lowest BCUT2D eigenvalue weighted by molar-refractivity contribution is 0.412. The maximum absolute atomic E-state index is 5.84. The number of benzene rings is 1. The van der Waals surface area contributed by atoms with E-state index in [-0.39, 0.29) is 0 Å². The third-order valence-electron chi connectivity index (χ3n) is 2.78. The van der Waals surface area contributed by atoms with Crippen LogP contribution in [0.3, 0.4) is 0 Å². The minimum atomic E-state index is 0.611. The minimum Gasteiger partial charge on any atom is -0.425 e. The molecule has 0 aliphatic rings. The summed E-state index contributed by atoms with van der Waals surface area (Å²) in [5.41, 5.74) is 8.66. The van der Waals surface area contributed by atoms with Crippen LogP contribution in [0.1, 0.15) is 18.1 Å². The Morgan fingerprint density at radius 2 is 2.06 bits per heavy atom. The summed E-state index contributed by atoms with van der Waals surface area (Å²) in [6.45, 7) is 6.83. The molecule has 17 heavy (non-hydrogen) atoms. The number of nitrogens with zero attached hydrogens (tertiary/aromatic N) is 2. The fourth-order valence-corrected chi connectivity index (χ4v) is 1.66. The maximum atomic E-state index is 5.84. The van der Waals surface area contributed by atoms with Gasteiger partial charge in [0, 0.05) is 24.6 Å². The number of ether oxygens (including phenoxy) is 1. The molecule has 1 aromatic carbocycles. The van der Waals surface area contributed by atoms with Gasteiger partial charge >= 0.3 is 6.01 Å². The fraction of sp³-hybridized carbons (Fsp3) is 0.308. The molecule has 0 atom stereocenters. The van der Waals surface area contributed by atoms with E-state index < -0.39 is 0 Å². The lowest BCUT2D eigenvalue weighted by Crippen LogP contribution is -1.99. The van der Waals surface area contributed by atoms with Crippen LogP contribution < -0.4 is 10.5 Å². The summed E-state index contributed by atoms with van der Waals surface area (Å²) in [4.78, 5) is 4.19. The molecule has 2 aromatic rings. The van der Waals surface area contributed by atoms with Crippen LogP contribution in [0, 0.1) is 13.8 Å². The van der Waals surface area contributed by atoms with E-state index in [1.165, 1.54) is 0 Å². The molecule has 0 spiro atoms. The van der Waals surface area contributed by atoms with E-state index >= 15 is 0 Å². The molecule has 0 unspecified atom stereocenters. The van der Waals surface area contributed by atoms with Crippen LogP contribution in [0.2, 0.25) is 0 Å². The highest BCUT2D eigenvalue weighted by Gasteiger charge is 2.08. The van der Waals surface area contributed by atoms with E-state index in [1.54, 1.807) is 6.20 Å². The number of rotatable bonds is 3. The molecular weight excluding hydrogens is 214 g/mol. The quantitative estimate of drug-likeness (QED) is 0.826. The zero-order valence-corrected chi connectivity index (χ0v) is 10.4. The van der Waals surface area contributed by atoms with Gasteiger partial charge in [-0.05, 0) is 44.0 Å². The van der Waals surface area contributed by atoms with Gasteiger partial charge in [0.1, 0.15) is 5.75 Å². The van der Waals surface area contributed by atoms with Gasteiger partial charge in [0.15, 0.2) is 0 Å². The molecule has 0 amide bonds. The van der Waals surface area contributed by atoms with E-state index in [1.807, 2.05) is 36.7 Å². The van der Waals surface area contributed by atoms with Crippen LogP contribution in [-0.4, -0.2) is 9.55 Å². The fourth-order valence-electron chi connectivity index (χ4n) is 1.66. The number of aryl methyl sites for hydroxylation is 3. The first-order valence-electron chi connectivity index (χ1n) is 5.67. The van der Waals surface area contributed by atoms with Crippen LogP contribution in [0.25, 0.3) is 0 Å². The van der Waals surface area contributed by atoms with E-state index in [2.05, 4.69) is 11.9 Å². The standard InChI is InChI=1S/C13H17N3O/c1-4-16-6-5-15-13(16)17-12-8-9(2)11(14)7-10(12)3/h5-8H,4,14H2,1-3H3. The molecule has 0 aliphatic heterocycles. The second-order valence-corrected chi connectivity index (χ2v) is 4.07. The summed E-state index contributed by atoms with van der Waals surface area (Å²) in [6, 6.07) is 4.48. The summed E-state index contributed by atoms with van der Waals surface area (Å²) in [5, 5.41) is 0. The van der Waals surface area contributed by atoms with Crippen molar-refractivity contribution in [1.29, 1.82) is 0 Å². The smallest absolute Gasteiger partial charge is 0.301 e. The summed E-state index contributed by atoms with van der Waals surface area (Å²) in [5.74, 6) is 0.803. The second kappa shape index (κ2) is 4.49. The SMILES string of the molecule is CCn1ccnc1Oc1cc(C)c(N)cc1C. The molecule has 4 heteroatoms. The van der Waals surface area contributed by atoms with Gasteiger partial charge in [0.25, 0.3) is 0 Å². The molecule has 0 radical (unpaired) electrons. The van der Waals surface area contributed by atoms with Gasteiger partial charge in [0.05, 0.1) is 0 Å². The van der Waals surface area contributed by atoms with Gasteiger partial charge in [-0.2, -0.15) is 0 Å². The average Bonchev–Trinajstić information content (AvgIpc) is 2.73. The number of anilines is 1. The second-order valence-electron chi connectivity index (χ2n) is 4.07. The number of hydrogen-bond donors (Lipinski definition) is 1. The van der Waals surface area contributed by atoms with Crippen molar-refractivity contribution in [3.05, 3.63) is 35.7 Å². The summed E-state index contributed by atoms with van der Waals surface area (Å²) >= 11 is 0. The summed E-state index contributed by atoms with van der Waals surface area (Å²) < 4.78 is 7.75. The highest BCUT2D eigenvalue weighted by Crippen LogP contribution is 2.28. The Morgan fingerprint density at radius 1 is 1.29 bits per heavy atom. The number of aromatic nitrogens is 2. The average molecular weight is 231 g/mol. The predicted octanol–water partition coefficient (Wildman–Crippen LogP) is 2.89. The first-order chi connectivity index (χ1) is 8.11. The van der Waals surface area contributed by atoms with Gasteiger partial charge < -0.3 is 15.0 Å². The monoisotopic (exact) mass is 231 g/mol. The maximum Gasteiger partial charge on any atom is 0.301 e. The Kier molecular flexibility index (Phi) is 3.04. The van der Waals surface area contributed by atoms with Crippen molar-refractivity contribution >= 4 is 5.69 Å². The largest absolute Gasteiger partial charge is 0.425 e. The zero-order valence-electron chi connectivity index (χ0n) is 10.4. The highest BCUT2D eigenvalue weighted by atomic mass is 16.5. The van der Waals surface area contributed by atoms with Crippen LogP contribution in [0.4, 0.5) is 5.69 Å². The van der Waals surface area contributed by atoms with Crippen molar-refractivity contribution in [3.8, 4) is 11.8 Å². The number of imidazole rings is 1. The number of hydrogen-bond acceptors (Lipinski definition) is 3. The molecule has 1 heterocycles. The Hall–Kier alpha value is -1.97. The van der Waals surface area contributed by atoms with Crippen molar-refractivity contribution in [1.82, 2.24) is 9.55 Å². The molecule has 0 aliphatic carbocycles. The molecule has 0 saturated carbocycles. The van der Waals surface area contributed by atoms with Gasteiger partial charge in [-0.1, -0.05) is 0 Å². The van der Waals surface area contributed by atoms with Gasteiger partial charge in [-0.25, -0.2) is 4.98 Å². The van der Waals surface area contributed by atoms with Crippen LogP contribution in [-0.2, 0) is 6.54 Å². The van der Waals surface area contributed by atoms with E-state index in [0.29, 0.717) is 6.01 Å². The van der Waals surface area contributed by atoms with Crippen molar-refractivity contribution in [2.24, 2.45) is 0 Å². The van der Waals surface area contributed by atoms with Gasteiger partial charge in [-0.3, -0.25) is 0 Å². The van der Waals surface area contributed by atoms with Gasteiger partial charge in [-0.15, -0.1) is 0 Å². The molecule has 1 aromatic heterocycles. The van der Waals surface area contributed by atoms with Crippen LogP contribution in [0.5, 0.6) is 11.8 Å². The van der Waals surface area contributed by atoms with E-state index in [4.69, 9.17) is 10.5 Å². The van der Waals surface area contributed by atoms with Crippen molar-refractivity contribution in [2.75, 3.05) is 5.73 Å². The van der Waals surface area contributed by atoms with Crippen molar-refractivity contribution in [2.45, 2.75) is 27.3 Å². The molecule has 90 valence electrons. The minimum absolute atomic E-state index is 0.611. The number of nitrogens with two attached hydrogens (primary N) is 1. The third kappa shape index (κ3) is 2.25. The summed E-state index contributed by atoms with van der Waals surface area (Å²) in [7, 11) is 0. The van der Waals surface area contributed by atoms with Gasteiger partial charge in [0.2, 0.25) is 0 Å². The Labute approximate surface area is 101 Å². The lowest BCUT2D eigenvalue weighted by Gasteiger charge is -2.11. The normalized spacial score (nSPS) is 10.5. The Morgan fingerprint density at radius 3 is 2.76 bits per heavy atom. The highest BCUT2D eigenvalue weighted by molar-refractivity contribution is 5.54. The van der Waals surface area contributed by atoms with Crippen molar-refractivity contribution < 1.29 is 4.74 Å². The molecule has 0 saturated heterocycles.